The van der Waals surface area contributed by atoms with E-state index in [0.717, 1.165) is 5.57 Å². The summed E-state index contributed by atoms with van der Waals surface area (Å²) < 4.78 is 0. The summed E-state index contributed by atoms with van der Waals surface area (Å²) in [5, 5.41) is 36.4. The Morgan fingerprint density at radius 3 is 2.52 bits per heavy atom. The van der Waals surface area contributed by atoms with Gasteiger partial charge in [0.1, 0.15) is 5.92 Å². The molecule has 0 spiro atoms. The van der Waals surface area contributed by atoms with Crippen LogP contribution in [0.5, 0.6) is 0 Å². The summed E-state index contributed by atoms with van der Waals surface area (Å²) >= 11 is 0. The molecule has 6 heteroatoms. The highest BCUT2D eigenvalue weighted by Gasteiger charge is 2.55. The molecular weight excluding hydrogens is 266 g/mol. The molecule has 0 aromatic carbocycles. The highest BCUT2D eigenvalue weighted by atomic mass is 16.2. The van der Waals surface area contributed by atoms with Crippen molar-refractivity contribution in [1.29, 1.82) is 21.2 Å². The number of nitriles is 3. The maximum absolute atomic E-state index is 11.6. The second kappa shape index (κ2) is 5.04. The van der Waals surface area contributed by atoms with E-state index in [4.69, 9.17) is 5.41 Å². The molecule has 0 bridgehead atoms. The maximum Gasteiger partial charge on any atom is 0.219 e. The van der Waals surface area contributed by atoms with E-state index in [1.54, 1.807) is 17.9 Å². The van der Waals surface area contributed by atoms with Crippen molar-refractivity contribution < 1.29 is 4.79 Å². The first-order valence-electron chi connectivity index (χ1n) is 6.69. The number of carbonyl (C=O) groups excluding carboxylic acids is 1. The van der Waals surface area contributed by atoms with Crippen molar-refractivity contribution in [1.82, 2.24) is 4.90 Å². The Morgan fingerprint density at radius 1 is 1.43 bits per heavy atom. The van der Waals surface area contributed by atoms with Crippen molar-refractivity contribution in [2.45, 2.75) is 13.8 Å². The first kappa shape index (κ1) is 14.8. The minimum atomic E-state index is -1.60. The average molecular weight is 281 g/mol. The predicted molar refractivity (Wildman–Crippen MR) is 73.5 cm³/mol. The molecule has 0 aromatic heterocycles. The fraction of sp³-hybridized carbons (Fsp3) is 0.533. The summed E-state index contributed by atoms with van der Waals surface area (Å²) in [6.45, 7) is 4.01. The van der Waals surface area contributed by atoms with Crippen molar-refractivity contribution in [3.63, 3.8) is 0 Å². The molecule has 0 radical (unpaired) electrons. The molecular formula is C15H15N5O. The lowest BCUT2D eigenvalue weighted by Gasteiger charge is -2.46. The zero-order chi connectivity index (χ0) is 15.8. The van der Waals surface area contributed by atoms with Gasteiger partial charge in [0.25, 0.3) is 0 Å². The normalized spacial score (nSPS) is 30.2. The van der Waals surface area contributed by atoms with Crippen molar-refractivity contribution in [3.8, 4) is 18.2 Å². The summed E-state index contributed by atoms with van der Waals surface area (Å²) in [6, 6.07) is 5.92. The van der Waals surface area contributed by atoms with Crippen LogP contribution in [0.2, 0.25) is 0 Å². The highest BCUT2D eigenvalue weighted by molar-refractivity contribution is 6.00. The summed E-state index contributed by atoms with van der Waals surface area (Å²) in [4.78, 5) is 13.2. The number of hydrogen-bond acceptors (Lipinski definition) is 5. The maximum atomic E-state index is 11.6. The molecule has 6 nitrogen and oxygen atoms in total. The standard InChI is InChI=1S/C15H15N5O/c1-9-13-6-20(10(2)21)4-3-11(13)12(5-16)14(19)15(9,7-17)8-18/h3,9,12-13,19H,4,6H2,1-2H3/t9-,12-,13-/m1/s1. The molecule has 21 heavy (non-hydrogen) atoms. The van der Waals surface area contributed by atoms with Gasteiger partial charge < -0.3 is 10.3 Å². The predicted octanol–water partition coefficient (Wildman–Crippen LogP) is 1.23. The molecule has 3 atom stereocenters. The fourth-order valence-electron chi connectivity index (χ4n) is 3.25. The number of nitrogens with zero attached hydrogens (tertiary/aromatic N) is 4. The molecule has 1 heterocycles. The lowest BCUT2D eigenvalue weighted by atomic mass is 9.56. The smallest absolute Gasteiger partial charge is 0.219 e. The van der Waals surface area contributed by atoms with Crippen molar-refractivity contribution >= 4 is 11.6 Å². The van der Waals surface area contributed by atoms with Crippen LogP contribution in [0.4, 0.5) is 0 Å². The average Bonchev–Trinajstić information content (AvgIpc) is 2.49. The van der Waals surface area contributed by atoms with Gasteiger partial charge in [-0.25, -0.2) is 0 Å². The lowest BCUT2D eigenvalue weighted by Crippen LogP contribution is -2.53. The number of rotatable bonds is 0. The Hall–Kier alpha value is -2.65. The summed E-state index contributed by atoms with van der Waals surface area (Å²) in [5.41, 5.74) is -0.961. The van der Waals surface area contributed by atoms with E-state index in [-0.39, 0.29) is 17.5 Å². The quantitative estimate of drug-likeness (QED) is 0.672. The van der Waals surface area contributed by atoms with Crippen molar-refractivity contribution in [2.24, 2.45) is 23.2 Å². The van der Waals surface area contributed by atoms with Crippen LogP contribution in [0.15, 0.2) is 11.6 Å². The molecule has 0 aromatic rings. The molecule has 1 aliphatic carbocycles. The Kier molecular flexibility index (Phi) is 3.54. The first-order chi connectivity index (χ1) is 9.92. The third kappa shape index (κ3) is 1.90. The molecule has 0 saturated heterocycles. The van der Waals surface area contributed by atoms with Gasteiger partial charge in [-0.1, -0.05) is 13.0 Å². The van der Waals surface area contributed by atoms with Crippen LogP contribution < -0.4 is 0 Å². The van der Waals surface area contributed by atoms with E-state index >= 15 is 0 Å². The fourth-order valence-corrected chi connectivity index (χ4v) is 3.25. The molecule has 2 aliphatic rings. The van der Waals surface area contributed by atoms with E-state index in [1.165, 1.54) is 6.92 Å². The van der Waals surface area contributed by atoms with Gasteiger partial charge in [-0.05, 0) is 5.57 Å². The molecule has 1 saturated carbocycles. The van der Waals surface area contributed by atoms with Crippen LogP contribution in [0.1, 0.15) is 13.8 Å². The molecule has 1 N–H and O–H groups in total. The van der Waals surface area contributed by atoms with Crippen LogP contribution in [-0.2, 0) is 4.79 Å². The number of fused-ring (bicyclic) bond motifs is 1. The van der Waals surface area contributed by atoms with Gasteiger partial charge in [0.2, 0.25) is 5.91 Å². The van der Waals surface area contributed by atoms with Crippen LogP contribution >= 0.6 is 0 Å². The van der Waals surface area contributed by atoms with E-state index in [0.29, 0.717) is 13.1 Å². The minimum Gasteiger partial charge on any atom is -0.339 e. The molecule has 1 fully saturated rings. The Balaban J connectivity index is 2.55. The van der Waals surface area contributed by atoms with Crippen molar-refractivity contribution in [2.75, 3.05) is 13.1 Å². The Morgan fingerprint density at radius 2 is 2.05 bits per heavy atom. The van der Waals surface area contributed by atoms with Gasteiger partial charge in [0.05, 0.1) is 23.9 Å². The largest absolute Gasteiger partial charge is 0.339 e. The van der Waals surface area contributed by atoms with Crippen molar-refractivity contribution in [3.05, 3.63) is 11.6 Å². The van der Waals surface area contributed by atoms with Crippen LogP contribution in [0, 0.1) is 62.6 Å². The van der Waals surface area contributed by atoms with Crippen LogP contribution in [-0.4, -0.2) is 29.6 Å². The number of nitrogens with one attached hydrogen (secondary N) is 1. The topological polar surface area (TPSA) is 116 Å². The Bertz CT molecular complexity index is 643. The van der Waals surface area contributed by atoms with Crippen LogP contribution in [0.3, 0.4) is 0 Å². The summed E-state index contributed by atoms with van der Waals surface area (Å²) in [6.07, 6.45) is 1.80. The van der Waals surface area contributed by atoms with Gasteiger partial charge in [-0.3, -0.25) is 4.79 Å². The first-order valence-corrected chi connectivity index (χ1v) is 6.69. The lowest BCUT2D eigenvalue weighted by molar-refractivity contribution is -0.129. The molecule has 2 rings (SSSR count). The zero-order valence-corrected chi connectivity index (χ0v) is 11.9. The summed E-state index contributed by atoms with van der Waals surface area (Å²) in [7, 11) is 0. The molecule has 1 aliphatic heterocycles. The van der Waals surface area contributed by atoms with Crippen LogP contribution in [0.25, 0.3) is 0 Å². The minimum absolute atomic E-state index is 0.0776. The van der Waals surface area contributed by atoms with Gasteiger partial charge in [0, 0.05) is 31.8 Å². The molecule has 1 amide bonds. The number of hydrogen-bond donors (Lipinski definition) is 1. The SMILES string of the molecule is CC(=O)N1CC=C2[C@@H](C#N)C(=N)C(C#N)(C#N)[C@H](C)[C@H]2C1. The second-order valence-electron chi connectivity index (χ2n) is 5.53. The van der Waals surface area contributed by atoms with Gasteiger partial charge in [0.15, 0.2) is 5.41 Å². The van der Waals surface area contributed by atoms with E-state index in [1.807, 2.05) is 18.2 Å². The van der Waals surface area contributed by atoms with E-state index in [2.05, 4.69) is 0 Å². The highest BCUT2D eigenvalue weighted by Crippen LogP contribution is 2.48. The third-order valence-corrected chi connectivity index (χ3v) is 4.65. The third-order valence-electron chi connectivity index (χ3n) is 4.65. The number of carbonyl (C=O) groups is 1. The molecule has 106 valence electrons. The second-order valence-corrected chi connectivity index (χ2v) is 5.53. The molecule has 0 unspecified atom stereocenters. The van der Waals surface area contributed by atoms with Gasteiger partial charge >= 0.3 is 0 Å². The van der Waals surface area contributed by atoms with Gasteiger partial charge in [-0.2, -0.15) is 15.8 Å². The van der Waals surface area contributed by atoms with E-state index < -0.39 is 17.3 Å². The van der Waals surface area contributed by atoms with Gasteiger partial charge in [-0.15, -0.1) is 0 Å². The number of amides is 1. The Labute approximate surface area is 123 Å². The zero-order valence-electron chi connectivity index (χ0n) is 11.9. The monoisotopic (exact) mass is 281 g/mol. The van der Waals surface area contributed by atoms with E-state index in [9.17, 15) is 20.6 Å². The summed E-state index contributed by atoms with van der Waals surface area (Å²) in [5.74, 6) is -1.59.